The van der Waals surface area contributed by atoms with Crippen LogP contribution in [-0.2, 0) is 6.54 Å². The van der Waals surface area contributed by atoms with Crippen LogP contribution >= 0.6 is 40.7 Å². The Morgan fingerprint density at radius 3 is 2.48 bits per heavy atom. The van der Waals surface area contributed by atoms with Crippen molar-refractivity contribution in [3.05, 3.63) is 28.2 Å². The van der Waals surface area contributed by atoms with E-state index >= 15 is 0 Å². The molecule has 0 aliphatic heterocycles. The predicted octanol–water partition coefficient (Wildman–Crippen LogP) is 2.75. The number of aliphatic hydroxyl groups excluding tert-OH is 1. The number of halogens is 3. The molecule has 4 nitrogen and oxygen atoms in total. The topological polar surface area (TPSA) is 53.5 Å². The minimum atomic E-state index is -0.290. The number of benzene rings is 1. The maximum absolute atomic E-state index is 9.09. The second-order valence-electron chi connectivity index (χ2n) is 4.43. The third-order valence-electron chi connectivity index (χ3n) is 2.54. The van der Waals surface area contributed by atoms with E-state index in [1.807, 2.05) is 13.0 Å². The third-order valence-corrected chi connectivity index (χ3v) is 3.16. The molecule has 0 fully saturated rings. The maximum Gasteiger partial charge on any atom is 0.133 e. The zero-order chi connectivity index (χ0) is 14.1. The van der Waals surface area contributed by atoms with Gasteiger partial charge < -0.3 is 20.5 Å². The van der Waals surface area contributed by atoms with Gasteiger partial charge in [-0.05, 0) is 47.5 Å². The van der Waals surface area contributed by atoms with Gasteiger partial charge in [-0.25, -0.2) is 0 Å². The molecule has 0 radical (unpaired) electrons. The Hall–Kier alpha value is -0.0400. The van der Waals surface area contributed by atoms with Gasteiger partial charge in [0.1, 0.15) is 5.75 Å². The maximum atomic E-state index is 9.09. The fourth-order valence-corrected chi connectivity index (χ4v) is 2.19. The Bertz CT molecular complexity index is 382. The van der Waals surface area contributed by atoms with Crippen LogP contribution in [-0.4, -0.2) is 37.5 Å². The van der Waals surface area contributed by atoms with E-state index in [0.29, 0.717) is 13.2 Å². The summed E-state index contributed by atoms with van der Waals surface area (Å²) in [6.45, 7) is 7.60. The van der Waals surface area contributed by atoms with Crippen molar-refractivity contribution < 1.29 is 9.84 Å². The smallest absolute Gasteiger partial charge is 0.133 e. The van der Waals surface area contributed by atoms with E-state index < -0.39 is 0 Å². The summed E-state index contributed by atoms with van der Waals surface area (Å²) in [6, 6.07) is 6.11. The molecule has 7 heteroatoms. The number of hydrogen-bond acceptors (Lipinski definition) is 4. The number of hydrogen-bond donors (Lipinski definition) is 3. The molecule has 0 bridgehead atoms. The van der Waals surface area contributed by atoms with Gasteiger partial charge in [0.05, 0.1) is 17.2 Å². The van der Waals surface area contributed by atoms with Gasteiger partial charge in [0.2, 0.25) is 0 Å². The average molecular weight is 404 g/mol. The van der Waals surface area contributed by atoms with Gasteiger partial charge in [0, 0.05) is 26.2 Å². The minimum Gasteiger partial charge on any atom is -0.493 e. The van der Waals surface area contributed by atoms with Crippen LogP contribution in [0.2, 0.25) is 0 Å². The molecule has 1 rings (SSSR count). The molecule has 1 atom stereocenters. The summed E-state index contributed by atoms with van der Waals surface area (Å²) in [4.78, 5) is 0. The highest BCUT2D eigenvalue weighted by atomic mass is 79.9. The lowest BCUT2D eigenvalue weighted by Crippen LogP contribution is -2.31. The van der Waals surface area contributed by atoms with Gasteiger partial charge in [-0.1, -0.05) is 6.07 Å². The molecule has 1 unspecified atom stereocenters. The number of aliphatic hydroxyl groups is 1. The minimum absolute atomic E-state index is 0. The van der Waals surface area contributed by atoms with Gasteiger partial charge in [-0.2, -0.15) is 0 Å². The summed E-state index contributed by atoms with van der Waals surface area (Å²) in [5.41, 5.74) is 1.21. The zero-order valence-corrected chi connectivity index (χ0v) is 15.6. The van der Waals surface area contributed by atoms with Crippen LogP contribution in [0.15, 0.2) is 22.7 Å². The van der Waals surface area contributed by atoms with Crippen molar-refractivity contribution in [2.24, 2.45) is 0 Å². The van der Waals surface area contributed by atoms with Crippen LogP contribution in [0.3, 0.4) is 0 Å². The lowest BCUT2D eigenvalue weighted by atomic mass is 10.2. The second kappa shape index (κ2) is 13.6. The standard InChI is InChI=1S/C14H23BrN2O2.2ClH/c1-3-19-14-5-4-12(8-13(14)15)10-17-7-6-16-9-11(2)18;;/h4-5,8,11,16-18H,3,6-7,9-10H2,1-2H3;2*1H. The van der Waals surface area contributed by atoms with Crippen molar-refractivity contribution in [3.63, 3.8) is 0 Å². The van der Waals surface area contributed by atoms with Crippen LogP contribution in [0.25, 0.3) is 0 Å². The largest absolute Gasteiger partial charge is 0.493 e. The normalized spacial score (nSPS) is 11.2. The Morgan fingerprint density at radius 2 is 1.90 bits per heavy atom. The third kappa shape index (κ3) is 10.3. The molecule has 0 heterocycles. The Balaban J connectivity index is 0. The fourth-order valence-electron chi connectivity index (χ4n) is 1.65. The van der Waals surface area contributed by atoms with Crippen LogP contribution in [0.4, 0.5) is 0 Å². The first-order valence-corrected chi connectivity index (χ1v) is 7.43. The molecule has 0 saturated carbocycles. The van der Waals surface area contributed by atoms with E-state index in [4.69, 9.17) is 9.84 Å². The molecule has 21 heavy (non-hydrogen) atoms. The SMILES string of the molecule is CCOc1ccc(CNCCNCC(C)O)cc1Br.Cl.Cl. The van der Waals surface area contributed by atoms with E-state index in [1.54, 1.807) is 6.92 Å². The molecule has 0 spiro atoms. The van der Waals surface area contributed by atoms with Crippen LogP contribution in [0.5, 0.6) is 5.75 Å². The molecular weight excluding hydrogens is 379 g/mol. The summed E-state index contributed by atoms with van der Waals surface area (Å²) in [6.07, 6.45) is -0.290. The van der Waals surface area contributed by atoms with Crippen molar-refractivity contribution in [1.82, 2.24) is 10.6 Å². The average Bonchev–Trinajstić information content (AvgIpc) is 2.36. The first kappa shape index (κ1) is 23.2. The molecule has 1 aromatic rings. The molecular formula is C14H25BrCl2N2O2. The van der Waals surface area contributed by atoms with Crippen molar-refractivity contribution in [2.75, 3.05) is 26.2 Å². The Kier molecular flexibility index (Phi) is 15.1. The highest BCUT2D eigenvalue weighted by Gasteiger charge is 2.01. The van der Waals surface area contributed by atoms with Gasteiger partial charge >= 0.3 is 0 Å². The number of ether oxygens (including phenoxy) is 1. The van der Waals surface area contributed by atoms with Crippen molar-refractivity contribution in [2.45, 2.75) is 26.5 Å². The summed E-state index contributed by atoms with van der Waals surface area (Å²) >= 11 is 3.50. The molecule has 3 N–H and O–H groups in total. The molecule has 0 aliphatic carbocycles. The van der Waals surface area contributed by atoms with E-state index in [1.165, 1.54) is 5.56 Å². The number of rotatable bonds is 9. The molecule has 0 saturated heterocycles. The molecule has 1 aromatic carbocycles. The second-order valence-corrected chi connectivity index (χ2v) is 5.28. The molecule has 0 amide bonds. The first-order valence-electron chi connectivity index (χ1n) is 6.64. The van der Waals surface area contributed by atoms with E-state index in [2.05, 4.69) is 38.7 Å². The van der Waals surface area contributed by atoms with Crippen LogP contribution in [0.1, 0.15) is 19.4 Å². The van der Waals surface area contributed by atoms with Crippen molar-refractivity contribution >= 4 is 40.7 Å². The van der Waals surface area contributed by atoms with Crippen LogP contribution in [0, 0.1) is 0 Å². The first-order chi connectivity index (χ1) is 9.13. The van der Waals surface area contributed by atoms with E-state index in [0.717, 1.165) is 29.9 Å². The van der Waals surface area contributed by atoms with E-state index in [9.17, 15) is 0 Å². The molecule has 0 aliphatic rings. The zero-order valence-electron chi connectivity index (χ0n) is 12.4. The van der Waals surface area contributed by atoms with Gasteiger partial charge in [0.25, 0.3) is 0 Å². The highest BCUT2D eigenvalue weighted by molar-refractivity contribution is 9.10. The lowest BCUT2D eigenvalue weighted by molar-refractivity contribution is 0.191. The molecule has 124 valence electrons. The summed E-state index contributed by atoms with van der Waals surface area (Å²) < 4.78 is 6.46. The Labute approximate surface area is 148 Å². The summed E-state index contributed by atoms with van der Waals surface area (Å²) in [7, 11) is 0. The summed E-state index contributed by atoms with van der Waals surface area (Å²) in [5, 5.41) is 15.6. The Morgan fingerprint density at radius 1 is 1.24 bits per heavy atom. The predicted molar refractivity (Wildman–Crippen MR) is 96.1 cm³/mol. The van der Waals surface area contributed by atoms with Gasteiger partial charge in [-0.15, -0.1) is 24.8 Å². The van der Waals surface area contributed by atoms with Crippen molar-refractivity contribution in [3.8, 4) is 5.75 Å². The number of nitrogens with one attached hydrogen (secondary N) is 2. The van der Waals surface area contributed by atoms with Gasteiger partial charge in [-0.3, -0.25) is 0 Å². The monoisotopic (exact) mass is 402 g/mol. The highest BCUT2D eigenvalue weighted by Crippen LogP contribution is 2.25. The fraction of sp³-hybridized carbons (Fsp3) is 0.571. The molecule has 0 aromatic heterocycles. The van der Waals surface area contributed by atoms with Crippen molar-refractivity contribution in [1.29, 1.82) is 0 Å². The lowest BCUT2D eigenvalue weighted by Gasteiger charge is -2.10. The van der Waals surface area contributed by atoms with Gasteiger partial charge in [0.15, 0.2) is 0 Å². The quantitative estimate of drug-likeness (QED) is 0.555. The van der Waals surface area contributed by atoms with E-state index in [-0.39, 0.29) is 30.9 Å². The van der Waals surface area contributed by atoms with Crippen LogP contribution < -0.4 is 15.4 Å². The summed E-state index contributed by atoms with van der Waals surface area (Å²) in [5.74, 6) is 0.879.